The van der Waals surface area contributed by atoms with Gasteiger partial charge in [-0.1, -0.05) is 44.2 Å². The third-order valence-electron chi connectivity index (χ3n) is 5.55. The zero-order valence-electron chi connectivity index (χ0n) is 19.8. The Morgan fingerprint density at radius 3 is 2.68 bits per heavy atom. The molecule has 2 aromatic heterocycles. The molecule has 34 heavy (non-hydrogen) atoms. The molecule has 176 valence electrons. The molecule has 0 aliphatic heterocycles. The number of rotatable bonds is 8. The molecule has 0 bridgehead atoms. The fraction of sp³-hybridized carbons (Fsp3) is 0.259. The van der Waals surface area contributed by atoms with Crippen LogP contribution < -0.4 is 10.1 Å². The molecule has 0 unspecified atom stereocenters. The number of hydrogen-bond donors (Lipinski definition) is 1. The van der Waals surface area contributed by atoms with Crippen molar-refractivity contribution < 1.29 is 18.3 Å². The topological polar surface area (TPSA) is 69.3 Å². The van der Waals surface area contributed by atoms with Gasteiger partial charge in [-0.05, 0) is 55.2 Å². The Morgan fingerprint density at radius 2 is 1.91 bits per heavy atom. The summed E-state index contributed by atoms with van der Waals surface area (Å²) < 4.78 is 27.3. The summed E-state index contributed by atoms with van der Waals surface area (Å²) in [4.78, 5) is 12.7. The Kier molecular flexibility index (Phi) is 6.82. The van der Waals surface area contributed by atoms with E-state index < -0.39 is 5.91 Å². The summed E-state index contributed by atoms with van der Waals surface area (Å²) >= 11 is 0. The summed E-state index contributed by atoms with van der Waals surface area (Å²) in [5, 5.41) is 7.12. The lowest BCUT2D eigenvalue weighted by molar-refractivity contribution is 0.0992. The highest BCUT2D eigenvalue weighted by Gasteiger charge is 2.16. The average Bonchev–Trinajstić information content (AvgIpc) is 3.40. The van der Waals surface area contributed by atoms with Gasteiger partial charge < -0.3 is 14.5 Å². The summed E-state index contributed by atoms with van der Waals surface area (Å²) in [7, 11) is 0. The van der Waals surface area contributed by atoms with Crippen molar-refractivity contribution in [2.45, 2.75) is 46.8 Å². The zero-order chi connectivity index (χ0) is 24.2. The summed E-state index contributed by atoms with van der Waals surface area (Å²) in [5.41, 5.74) is 3.56. The van der Waals surface area contributed by atoms with Crippen LogP contribution in [0.25, 0.3) is 0 Å². The van der Waals surface area contributed by atoms with Crippen molar-refractivity contribution in [3.05, 3.63) is 100 Å². The normalized spacial score (nSPS) is 11.1. The summed E-state index contributed by atoms with van der Waals surface area (Å²) in [6.07, 6.45) is 0. The number of nitrogens with one attached hydrogen (secondary N) is 1. The number of halogens is 1. The molecule has 0 saturated heterocycles. The van der Waals surface area contributed by atoms with Crippen molar-refractivity contribution in [3.63, 3.8) is 0 Å². The molecule has 0 saturated carbocycles. The number of hydrogen-bond acceptors (Lipinski definition) is 4. The van der Waals surface area contributed by atoms with Crippen molar-refractivity contribution in [3.8, 4) is 5.75 Å². The van der Waals surface area contributed by atoms with Gasteiger partial charge in [-0.3, -0.25) is 9.48 Å². The van der Waals surface area contributed by atoms with E-state index in [1.165, 1.54) is 6.07 Å². The number of aromatic nitrogens is 2. The Balaban J connectivity index is 1.40. The SMILES string of the molecule is Cc1ccc(C(C)C)c(OCc2ccc(C(=O)Nc3cc(C)n(Cc4ccccc4F)n3)o2)c1. The number of benzene rings is 2. The summed E-state index contributed by atoms with van der Waals surface area (Å²) in [5.74, 6) is 1.51. The molecule has 0 radical (unpaired) electrons. The van der Waals surface area contributed by atoms with E-state index in [0.717, 1.165) is 22.6 Å². The predicted molar refractivity (Wildman–Crippen MR) is 129 cm³/mol. The Hall–Kier alpha value is -3.87. The maximum absolute atomic E-state index is 14.0. The van der Waals surface area contributed by atoms with Gasteiger partial charge in [0.1, 0.15) is 23.9 Å². The highest BCUT2D eigenvalue weighted by atomic mass is 19.1. The molecule has 1 N–H and O–H groups in total. The number of nitrogens with zero attached hydrogens (tertiary/aromatic N) is 2. The van der Waals surface area contributed by atoms with Crippen molar-refractivity contribution in [2.75, 3.05) is 5.32 Å². The summed E-state index contributed by atoms with van der Waals surface area (Å²) in [6, 6.07) is 17.8. The molecule has 2 aromatic carbocycles. The standard InChI is InChI=1S/C27H28FN3O3/c1-17(2)22-11-9-18(3)13-25(22)33-16-21-10-12-24(34-21)27(32)29-26-14-19(4)31(30-26)15-20-7-5-6-8-23(20)28/h5-14,17H,15-16H2,1-4H3,(H,29,30,32). The zero-order valence-corrected chi connectivity index (χ0v) is 19.8. The molecule has 4 aromatic rings. The van der Waals surface area contributed by atoms with E-state index in [4.69, 9.17) is 9.15 Å². The van der Waals surface area contributed by atoms with Crippen molar-refractivity contribution >= 4 is 11.7 Å². The molecule has 0 atom stereocenters. The van der Waals surface area contributed by atoms with E-state index in [1.54, 1.807) is 41.1 Å². The Labute approximate surface area is 198 Å². The van der Waals surface area contributed by atoms with E-state index in [0.29, 0.717) is 23.1 Å². The predicted octanol–water partition coefficient (Wildman–Crippen LogP) is 6.24. The molecule has 0 fully saturated rings. The van der Waals surface area contributed by atoms with E-state index in [1.807, 2.05) is 19.9 Å². The Bertz CT molecular complexity index is 1310. The molecule has 6 nitrogen and oxygen atoms in total. The van der Waals surface area contributed by atoms with Crippen molar-refractivity contribution in [2.24, 2.45) is 0 Å². The van der Waals surface area contributed by atoms with Crippen LogP contribution in [0.2, 0.25) is 0 Å². The molecular formula is C27H28FN3O3. The monoisotopic (exact) mass is 461 g/mol. The second kappa shape index (κ2) is 9.95. The molecule has 4 rings (SSSR count). The fourth-order valence-electron chi connectivity index (χ4n) is 3.67. The highest BCUT2D eigenvalue weighted by Crippen LogP contribution is 2.28. The third kappa shape index (κ3) is 5.36. The van der Waals surface area contributed by atoms with Crippen LogP contribution in [0.3, 0.4) is 0 Å². The number of furan rings is 1. The largest absolute Gasteiger partial charge is 0.485 e. The van der Waals surface area contributed by atoms with Gasteiger partial charge in [-0.2, -0.15) is 5.10 Å². The lowest BCUT2D eigenvalue weighted by Crippen LogP contribution is -2.12. The van der Waals surface area contributed by atoms with E-state index in [2.05, 4.69) is 36.4 Å². The maximum atomic E-state index is 14.0. The highest BCUT2D eigenvalue weighted by molar-refractivity contribution is 6.01. The van der Waals surface area contributed by atoms with Crippen LogP contribution in [0.1, 0.15) is 58.5 Å². The van der Waals surface area contributed by atoms with Crippen molar-refractivity contribution in [1.29, 1.82) is 0 Å². The second-order valence-corrected chi connectivity index (χ2v) is 8.62. The van der Waals surface area contributed by atoms with Gasteiger partial charge in [0.05, 0.1) is 6.54 Å². The molecule has 2 heterocycles. The molecular weight excluding hydrogens is 433 g/mol. The van der Waals surface area contributed by atoms with Crippen LogP contribution >= 0.6 is 0 Å². The lowest BCUT2D eigenvalue weighted by atomic mass is 10.0. The molecule has 7 heteroatoms. The number of ether oxygens (including phenoxy) is 1. The number of anilines is 1. The smallest absolute Gasteiger partial charge is 0.292 e. The van der Waals surface area contributed by atoms with Gasteiger partial charge >= 0.3 is 0 Å². The van der Waals surface area contributed by atoms with Crippen LogP contribution in [-0.2, 0) is 13.2 Å². The second-order valence-electron chi connectivity index (χ2n) is 8.62. The van der Waals surface area contributed by atoms with Crippen LogP contribution in [0, 0.1) is 19.7 Å². The van der Waals surface area contributed by atoms with Gasteiger partial charge in [0.2, 0.25) is 0 Å². The van der Waals surface area contributed by atoms with E-state index in [9.17, 15) is 9.18 Å². The van der Waals surface area contributed by atoms with Gasteiger partial charge in [-0.25, -0.2) is 4.39 Å². The Morgan fingerprint density at radius 1 is 1.12 bits per heavy atom. The van der Waals surface area contributed by atoms with Gasteiger partial charge in [0.15, 0.2) is 11.6 Å². The number of carbonyl (C=O) groups excluding carboxylic acids is 1. The van der Waals surface area contributed by atoms with Crippen molar-refractivity contribution in [1.82, 2.24) is 9.78 Å². The minimum atomic E-state index is -0.416. The van der Waals surface area contributed by atoms with Crippen LogP contribution in [0.5, 0.6) is 5.75 Å². The van der Waals surface area contributed by atoms with Gasteiger partial charge in [0.25, 0.3) is 5.91 Å². The van der Waals surface area contributed by atoms with Crippen LogP contribution in [-0.4, -0.2) is 15.7 Å². The maximum Gasteiger partial charge on any atom is 0.292 e. The van der Waals surface area contributed by atoms with Gasteiger partial charge in [-0.15, -0.1) is 0 Å². The van der Waals surface area contributed by atoms with E-state index in [-0.39, 0.29) is 24.7 Å². The first-order valence-electron chi connectivity index (χ1n) is 11.2. The first kappa shape index (κ1) is 23.3. The fourth-order valence-corrected chi connectivity index (χ4v) is 3.67. The average molecular weight is 462 g/mol. The lowest BCUT2D eigenvalue weighted by Gasteiger charge is -2.14. The molecule has 0 aliphatic carbocycles. The summed E-state index contributed by atoms with van der Waals surface area (Å²) in [6.45, 7) is 8.59. The number of amides is 1. The molecule has 0 spiro atoms. The number of aryl methyl sites for hydroxylation is 2. The quantitative estimate of drug-likeness (QED) is 0.337. The minimum absolute atomic E-state index is 0.160. The third-order valence-corrected chi connectivity index (χ3v) is 5.55. The molecule has 0 aliphatic rings. The van der Waals surface area contributed by atoms with Crippen LogP contribution in [0.15, 0.2) is 65.1 Å². The molecule has 1 amide bonds. The van der Waals surface area contributed by atoms with Gasteiger partial charge in [0, 0.05) is 17.3 Å². The van der Waals surface area contributed by atoms with Crippen LogP contribution in [0.4, 0.5) is 10.2 Å². The first-order valence-corrected chi connectivity index (χ1v) is 11.2. The van der Waals surface area contributed by atoms with E-state index >= 15 is 0 Å². The minimum Gasteiger partial charge on any atom is -0.485 e. The number of carbonyl (C=O) groups is 1. The first-order chi connectivity index (χ1) is 16.3.